The minimum absolute atomic E-state index is 0.176. The Kier molecular flexibility index (Phi) is 8.94. The Balaban J connectivity index is 3.71. The van der Waals surface area contributed by atoms with E-state index < -0.39 is 0 Å². The van der Waals surface area contributed by atoms with E-state index in [1.165, 1.54) is 0 Å². The van der Waals surface area contributed by atoms with Crippen LogP contribution in [0.15, 0.2) is 0 Å². The molecule has 5 heteroatoms. The molecule has 0 saturated heterocycles. The predicted molar refractivity (Wildman–Crippen MR) is 61.8 cm³/mol. The molecular weight excluding hydrogens is 194 g/mol. The van der Waals surface area contributed by atoms with Crippen LogP contribution in [-0.4, -0.2) is 65.2 Å². The fraction of sp³-hybridized carbons (Fsp3) is 1.00. The predicted octanol–water partition coefficient (Wildman–Crippen LogP) is -0.526. The van der Waals surface area contributed by atoms with Gasteiger partial charge in [-0.25, -0.2) is 0 Å². The molecule has 92 valence electrons. The molecule has 3 N–H and O–H groups in total. The molecule has 0 aliphatic carbocycles. The minimum Gasteiger partial charge on any atom is -0.356 e. The summed E-state index contributed by atoms with van der Waals surface area (Å²) in [5.74, 6) is 0. The quantitative estimate of drug-likeness (QED) is 0.511. The Bertz CT molecular complexity index is 141. The summed E-state index contributed by atoms with van der Waals surface area (Å²) in [6.07, 6.45) is 0.599. The van der Waals surface area contributed by atoms with E-state index in [9.17, 15) is 0 Å². The molecule has 0 aliphatic heterocycles. The molecule has 0 heterocycles. The number of likely N-dealkylation sites (N-methyl/N-ethyl adjacent to an activating group) is 1. The number of nitrogens with one attached hydrogen (secondary N) is 1. The van der Waals surface area contributed by atoms with Crippen LogP contribution in [0.2, 0.25) is 0 Å². The van der Waals surface area contributed by atoms with E-state index in [2.05, 4.69) is 10.2 Å². The second-order valence-corrected chi connectivity index (χ2v) is 3.83. The van der Waals surface area contributed by atoms with Crippen molar-refractivity contribution < 1.29 is 9.47 Å². The summed E-state index contributed by atoms with van der Waals surface area (Å²) >= 11 is 0. The SMILES string of the molecule is COC(CC(CN)NCCN(C)C)OC. The van der Waals surface area contributed by atoms with Crippen LogP contribution in [0.4, 0.5) is 0 Å². The highest BCUT2D eigenvalue weighted by Gasteiger charge is 2.13. The number of hydrogen-bond donors (Lipinski definition) is 2. The summed E-state index contributed by atoms with van der Waals surface area (Å²) in [5.41, 5.74) is 5.66. The maximum absolute atomic E-state index is 5.66. The highest BCUT2D eigenvalue weighted by atomic mass is 16.7. The molecule has 0 spiro atoms. The summed E-state index contributed by atoms with van der Waals surface area (Å²) in [6, 6.07) is 0.245. The monoisotopic (exact) mass is 219 g/mol. The van der Waals surface area contributed by atoms with Crippen molar-refractivity contribution in [3.05, 3.63) is 0 Å². The van der Waals surface area contributed by atoms with Gasteiger partial charge in [-0.1, -0.05) is 0 Å². The second kappa shape index (κ2) is 9.06. The Morgan fingerprint density at radius 1 is 1.27 bits per heavy atom. The summed E-state index contributed by atoms with van der Waals surface area (Å²) in [6.45, 7) is 2.52. The van der Waals surface area contributed by atoms with Crippen LogP contribution in [0, 0.1) is 0 Å². The number of nitrogens with zero attached hydrogens (tertiary/aromatic N) is 1. The van der Waals surface area contributed by atoms with Crippen molar-refractivity contribution >= 4 is 0 Å². The van der Waals surface area contributed by atoms with Gasteiger partial charge in [0.2, 0.25) is 0 Å². The number of methoxy groups -OCH3 is 2. The number of ether oxygens (including phenoxy) is 2. The second-order valence-electron chi connectivity index (χ2n) is 3.83. The molecule has 0 aromatic heterocycles. The van der Waals surface area contributed by atoms with Crippen LogP contribution < -0.4 is 11.1 Å². The highest BCUT2D eigenvalue weighted by Crippen LogP contribution is 2.01. The van der Waals surface area contributed by atoms with Crippen LogP contribution in [0.1, 0.15) is 6.42 Å². The average Bonchev–Trinajstić information content (AvgIpc) is 2.22. The van der Waals surface area contributed by atoms with Gasteiger partial charge >= 0.3 is 0 Å². The van der Waals surface area contributed by atoms with Gasteiger partial charge in [0, 0.05) is 46.3 Å². The van der Waals surface area contributed by atoms with E-state index in [0.717, 1.165) is 19.5 Å². The maximum Gasteiger partial charge on any atom is 0.158 e. The Hall–Kier alpha value is -0.200. The van der Waals surface area contributed by atoms with Crippen molar-refractivity contribution in [1.29, 1.82) is 0 Å². The van der Waals surface area contributed by atoms with Crippen molar-refractivity contribution in [2.24, 2.45) is 5.73 Å². The van der Waals surface area contributed by atoms with Crippen LogP contribution in [-0.2, 0) is 9.47 Å². The molecule has 0 fully saturated rings. The van der Waals surface area contributed by atoms with Gasteiger partial charge < -0.3 is 25.4 Å². The van der Waals surface area contributed by atoms with Crippen molar-refractivity contribution in [3.8, 4) is 0 Å². The first-order valence-corrected chi connectivity index (χ1v) is 5.27. The van der Waals surface area contributed by atoms with Crippen molar-refractivity contribution in [1.82, 2.24) is 10.2 Å². The number of nitrogens with two attached hydrogens (primary N) is 1. The lowest BCUT2D eigenvalue weighted by Crippen LogP contribution is -2.42. The Morgan fingerprint density at radius 2 is 1.87 bits per heavy atom. The first-order chi connectivity index (χ1) is 7.13. The van der Waals surface area contributed by atoms with Gasteiger partial charge in [0.25, 0.3) is 0 Å². The molecular formula is C10H25N3O2. The summed E-state index contributed by atoms with van der Waals surface area (Å²) in [4.78, 5) is 2.13. The van der Waals surface area contributed by atoms with Crippen LogP contribution in [0.25, 0.3) is 0 Å². The minimum atomic E-state index is -0.176. The number of hydrogen-bond acceptors (Lipinski definition) is 5. The van der Waals surface area contributed by atoms with Crippen molar-refractivity contribution in [2.75, 3.05) is 47.9 Å². The molecule has 1 atom stereocenters. The zero-order valence-corrected chi connectivity index (χ0v) is 10.3. The zero-order chi connectivity index (χ0) is 11.7. The summed E-state index contributed by atoms with van der Waals surface area (Å²) in [7, 11) is 7.38. The fourth-order valence-electron chi connectivity index (χ4n) is 1.28. The Morgan fingerprint density at radius 3 is 2.27 bits per heavy atom. The molecule has 0 aromatic rings. The van der Waals surface area contributed by atoms with Gasteiger partial charge in [0.1, 0.15) is 0 Å². The topological polar surface area (TPSA) is 59.8 Å². The van der Waals surface area contributed by atoms with E-state index in [-0.39, 0.29) is 12.3 Å². The van der Waals surface area contributed by atoms with Gasteiger partial charge in [-0.05, 0) is 14.1 Å². The van der Waals surface area contributed by atoms with Gasteiger partial charge in [-0.3, -0.25) is 0 Å². The summed E-state index contributed by atoms with van der Waals surface area (Å²) < 4.78 is 10.3. The molecule has 5 nitrogen and oxygen atoms in total. The fourth-order valence-corrected chi connectivity index (χ4v) is 1.28. The first-order valence-electron chi connectivity index (χ1n) is 5.27. The van der Waals surface area contributed by atoms with E-state index in [0.29, 0.717) is 6.54 Å². The first kappa shape index (κ1) is 14.8. The zero-order valence-electron chi connectivity index (χ0n) is 10.3. The van der Waals surface area contributed by atoms with Gasteiger partial charge in [-0.2, -0.15) is 0 Å². The van der Waals surface area contributed by atoms with Crippen LogP contribution >= 0.6 is 0 Å². The molecule has 0 amide bonds. The molecule has 1 unspecified atom stereocenters. The van der Waals surface area contributed by atoms with E-state index >= 15 is 0 Å². The molecule has 0 rings (SSSR count). The van der Waals surface area contributed by atoms with E-state index in [4.69, 9.17) is 15.2 Å². The molecule has 0 saturated carbocycles. The normalized spacial score (nSPS) is 13.8. The summed E-state index contributed by atoms with van der Waals surface area (Å²) in [5, 5.41) is 3.37. The largest absolute Gasteiger partial charge is 0.356 e. The molecule has 0 aliphatic rings. The lowest BCUT2D eigenvalue weighted by Gasteiger charge is -2.22. The van der Waals surface area contributed by atoms with Gasteiger partial charge in [0.15, 0.2) is 6.29 Å². The number of rotatable bonds is 9. The smallest absolute Gasteiger partial charge is 0.158 e. The average molecular weight is 219 g/mol. The highest BCUT2D eigenvalue weighted by molar-refractivity contribution is 4.69. The lowest BCUT2D eigenvalue weighted by molar-refractivity contribution is -0.110. The van der Waals surface area contributed by atoms with Crippen molar-refractivity contribution in [2.45, 2.75) is 18.8 Å². The van der Waals surface area contributed by atoms with Crippen LogP contribution in [0.5, 0.6) is 0 Å². The van der Waals surface area contributed by atoms with Gasteiger partial charge in [0.05, 0.1) is 0 Å². The lowest BCUT2D eigenvalue weighted by atomic mass is 10.2. The Labute approximate surface area is 92.9 Å². The third-order valence-corrected chi connectivity index (χ3v) is 2.28. The third-order valence-electron chi connectivity index (χ3n) is 2.28. The van der Waals surface area contributed by atoms with Gasteiger partial charge in [-0.15, -0.1) is 0 Å². The molecule has 0 bridgehead atoms. The molecule has 0 radical (unpaired) electrons. The van der Waals surface area contributed by atoms with Crippen LogP contribution in [0.3, 0.4) is 0 Å². The van der Waals surface area contributed by atoms with E-state index in [1.807, 2.05) is 14.1 Å². The van der Waals surface area contributed by atoms with E-state index in [1.54, 1.807) is 14.2 Å². The maximum atomic E-state index is 5.66. The standard InChI is InChI=1S/C10H25N3O2/c1-13(2)6-5-12-9(8-11)7-10(14-3)15-4/h9-10,12H,5-8,11H2,1-4H3. The molecule has 15 heavy (non-hydrogen) atoms. The third kappa shape index (κ3) is 7.70. The van der Waals surface area contributed by atoms with Crippen molar-refractivity contribution in [3.63, 3.8) is 0 Å². The molecule has 0 aromatic carbocycles.